The minimum atomic E-state index is -4.77. The van der Waals surface area contributed by atoms with Gasteiger partial charge in [0.2, 0.25) is 11.8 Å². The number of carbonyl (C=O) groups excluding carboxylic acids is 2. The van der Waals surface area contributed by atoms with Crippen molar-refractivity contribution in [1.29, 1.82) is 0 Å². The van der Waals surface area contributed by atoms with E-state index in [2.05, 4.69) is 33.3 Å². The molecule has 0 spiro atoms. The summed E-state index contributed by atoms with van der Waals surface area (Å²) in [6, 6.07) is 25.6. The van der Waals surface area contributed by atoms with E-state index >= 15 is 0 Å². The summed E-state index contributed by atoms with van der Waals surface area (Å²) in [5.41, 5.74) is 13.7. The van der Waals surface area contributed by atoms with Crippen molar-refractivity contribution < 1.29 is 27.5 Å². The van der Waals surface area contributed by atoms with Gasteiger partial charge in [-0.3, -0.25) is 19.4 Å². The van der Waals surface area contributed by atoms with Crippen LogP contribution in [0.2, 0.25) is 0 Å². The van der Waals surface area contributed by atoms with Crippen LogP contribution in [0.3, 0.4) is 0 Å². The molecule has 3 aromatic carbocycles. The van der Waals surface area contributed by atoms with E-state index in [0.29, 0.717) is 24.0 Å². The Morgan fingerprint density at radius 1 is 0.865 bits per heavy atom. The number of guanidine groups is 2. The van der Waals surface area contributed by atoms with Crippen molar-refractivity contribution in [2.75, 3.05) is 14.1 Å². The number of amides is 2. The standard InChI is InChI=1S/C24H22F3N3O2S.C14H15N3OS/c1-23(19(11-15-7-4-3-5-8-15)21(31)30(2)22(28)29-23)20-13-17(14-33-20)16-9-6-10-18(12-16)32-24(25,26)27;1-14(8-12(18)17(2)13(15)16-14)10-3-4-11-9(7-10)5-6-19-11/h3-10,12-14,19H,11H2,1-2H3,(H2,28,29);3-7H,8H2,1-2H3,(H2,15,16)/t19-,23-;14-/m00/s1. The van der Waals surface area contributed by atoms with Gasteiger partial charge in [0.25, 0.3) is 0 Å². The molecule has 2 amide bonds. The first-order valence-electron chi connectivity index (χ1n) is 16.3. The molecule has 52 heavy (non-hydrogen) atoms. The molecule has 7 rings (SSSR count). The molecule has 0 saturated carbocycles. The molecule has 0 saturated heterocycles. The monoisotopic (exact) mass is 746 g/mol. The first kappa shape index (κ1) is 36.6. The second kappa shape index (κ2) is 14.1. The quantitative estimate of drug-likeness (QED) is 0.187. The van der Waals surface area contributed by atoms with Crippen LogP contribution >= 0.6 is 22.7 Å². The van der Waals surface area contributed by atoms with Gasteiger partial charge in [-0.25, -0.2) is 9.98 Å². The lowest BCUT2D eigenvalue weighted by Crippen LogP contribution is -2.54. The molecule has 0 fully saturated rings. The molecule has 3 atom stereocenters. The van der Waals surface area contributed by atoms with Crippen molar-refractivity contribution in [2.45, 2.75) is 44.1 Å². The number of thiophene rings is 2. The zero-order chi connectivity index (χ0) is 37.4. The number of alkyl halides is 3. The summed E-state index contributed by atoms with van der Waals surface area (Å²) in [7, 11) is 3.26. The van der Waals surface area contributed by atoms with Crippen LogP contribution in [0.4, 0.5) is 13.2 Å². The molecule has 4 N–H and O–H groups in total. The van der Waals surface area contributed by atoms with E-state index in [1.54, 1.807) is 31.5 Å². The van der Waals surface area contributed by atoms with Crippen LogP contribution in [0.15, 0.2) is 106 Å². The van der Waals surface area contributed by atoms with Crippen LogP contribution in [-0.2, 0) is 27.1 Å². The van der Waals surface area contributed by atoms with Crippen molar-refractivity contribution in [3.63, 3.8) is 0 Å². The Hall–Kier alpha value is -5.21. The molecular formula is C38H37F3N6O3S2. The van der Waals surface area contributed by atoms with Gasteiger partial charge >= 0.3 is 6.36 Å². The zero-order valence-corrected chi connectivity index (χ0v) is 30.5. The van der Waals surface area contributed by atoms with Gasteiger partial charge in [0.1, 0.15) is 11.3 Å². The summed E-state index contributed by atoms with van der Waals surface area (Å²) >= 11 is 3.10. The predicted molar refractivity (Wildman–Crippen MR) is 200 cm³/mol. The van der Waals surface area contributed by atoms with Crippen LogP contribution < -0.4 is 16.2 Å². The normalized spacial score (nSPS) is 22.1. The molecule has 9 nitrogen and oxygen atoms in total. The van der Waals surface area contributed by atoms with Gasteiger partial charge in [0.05, 0.1) is 17.9 Å². The van der Waals surface area contributed by atoms with Gasteiger partial charge in [0, 0.05) is 23.7 Å². The van der Waals surface area contributed by atoms with Gasteiger partial charge in [-0.2, -0.15) is 0 Å². The van der Waals surface area contributed by atoms with Crippen LogP contribution in [0.5, 0.6) is 5.75 Å². The van der Waals surface area contributed by atoms with E-state index < -0.39 is 23.4 Å². The largest absolute Gasteiger partial charge is 0.573 e. The molecule has 2 aromatic heterocycles. The second-order valence-corrected chi connectivity index (χ2v) is 14.9. The maximum absolute atomic E-state index is 13.2. The SMILES string of the molecule is CN1C(=O)C[C@@](C)(c2ccc3sccc3c2)N=C1N.CN1C(=O)[C@H](Cc2ccccc2)[C@@](C)(c2cc(-c3cccc(OC(F)(F)F)c3)cs2)N=C1N. The number of hydrogen-bond donors (Lipinski definition) is 2. The van der Waals surface area contributed by atoms with Crippen molar-refractivity contribution in [3.8, 4) is 16.9 Å². The molecule has 0 unspecified atom stereocenters. The molecule has 14 heteroatoms. The van der Waals surface area contributed by atoms with Crippen molar-refractivity contribution in [2.24, 2.45) is 27.4 Å². The number of fused-ring (bicyclic) bond motifs is 1. The molecule has 2 aliphatic heterocycles. The third-order valence-electron chi connectivity index (χ3n) is 9.43. The van der Waals surface area contributed by atoms with E-state index in [0.717, 1.165) is 16.0 Å². The first-order chi connectivity index (χ1) is 24.6. The van der Waals surface area contributed by atoms with Crippen LogP contribution in [0, 0.1) is 5.92 Å². The lowest BCUT2D eigenvalue weighted by Gasteiger charge is -2.40. The topological polar surface area (TPSA) is 127 Å². The molecule has 5 aromatic rings. The second-order valence-electron chi connectivity index (χ2n) is 13.1. The number of nitrogens with two attached hydrogens (primary N) is 2. The third kappa shape index (κ3) is 7.53. The van der Waals surface area contributed by atoms with Crippen molar-refractivity contribution in [1.82, 2.24) is 9.80 Å². The highest BCUT2D eigenvalue weighted by molar-refractivity contribution is 7.17. The number of rotatable bonds is 6. The first-order valence-corrected chi connectivity index (χ1v) is 18.0. The Labute approximate surface area is 307 Å². The van der Waals surface area contributed by atoms with Gasteiger partial charge in [0.15, 0.2) is 11.9 Å². The molecule has 0 aliphatic carbocycles. The molecule has 4 heterocycles. The molecule has 270 valence electrons. The summed E-state index contributed by atoms with van der Waals surface area (Å²) in [6.45, 7) is 3.83. The highest BCUT2D eigenvalue weighted by Crippen LogP contribution is 2.44. The number of aliphatic imine (C=N–C) groups is 2. The number of benzene rings is 3. The van der Waals surface area contributed by atoms with Crippen LogP contribution in [-0.4, -0.2) is 54.0 Å². The van der Waals surface area contributed by atoms with E-state index in [4.69, 9.17) is 16.5 Å². The summed E-state index contributed by atoms with van der Waals surface area (Å²) in [5, 5.41) is 5.08. The lowest BCUT2D eigenvalue weighted by atomic mass is 9.78. The van der Waals surface area contributed by atoms with Gasteiger partial charge in [-0.1, -0.05) is 48.5 Å². The Kier molecular flexibility index (Phi) is 9.90. The molecule has 0 radical (unpaired) electrons. The fourth-order valence-corrected chi connectivity index (χ4v) is 8.19. The number of nitrogens with zero attached hydrogens (tertiary/aromatic N) is 4. The molecule has 2 aliphatic rings. The number of carbonyl (C=O) groups is 2. The number of halogens is 3. The van der Waals surface area contributed by atoms with E-state index in [-0.39, 0.29) is 29.5 Å². The minimum Gasteiger partial charge on any atom is -0.406 e. The Morgan fingerprint density at radius 2 is 1.60 bits per heavy atom. The highest BCUT2D eigenvalue weighted by atomic mass is 32.1. The Bertz CT molecular complexity index is 2180. The van der Waals surface area contributed by atoms with Crippen LogP contribution in [0.25, 0.3) is 21.2 Å². The third-order valence-corrected chi connectivity index (χ3v) is 11.5. The van der Waals surface area contributed by atoms with Crippen molar-refractivity contribution >= 4 is 56.5 Å². The van der Waals surface area contributed by atoms with E-state index in [1.165, 1.54) is 49.4 Å². The fraction of sp³-hybridized carbons (Fsp3) is 0.263. The van der Waals surface area contributed by atoms with Crippen molar-refractivity contribution in [3.05, 3.63) is 112 Å². The summed E-state index contributed by atoms with van der Waals surface area (Å²) < 4.78 is 43.1. The smallest absolute Gasteiger partial charge is 0.406 e. The Morgan fingerprint density at radius 3 is 2.31 bits per heavy atom. The van der Waals surface area contributed by atoms with Gasteiger partial charge in [-0.15, -0.1) is 35.8 Å². The number of ether oxygens (including phenoxy) is 1. The number of hydrogen-bond acceptors (Lipinski definition) is 9. The molecule has 0 bridgehead atoms. The van der Waals surface area contributed by atoms with Gasteiger partial charge < -0.3 is 16.2 Å². The van der Waals surface area contributed by atoms with E-state index in [9.17, 15) is 22.8 Å². The highest BCUT2D eigenvalue weighted by Gasteiger charge is 2.47. The summed E-state index contributed by atoms with van der Waals surface area (Å²) in [4.78, 5) is 38.0. The zero-order valence-electron chi connectivity index (χ0n) is 28.8. The average Bonchev–Trinajstić information content (AvgIpc) is 3.79. The Balaban J connectivity index is 0.000000206. The summed E-state index contributed by atoms with van der Waals surface area (Å²) in [5.74, 6) is -0.516. The average molecular weight is 747 g/mol. The molecular weight excluding hydrogens is 710 g/mol. The minimum absolute atomic E-state index is 0.000385. The fourth-order valence-electron chi connectivity index (χ4n) is 6.34. The maximum Gasteiger partial charge on any atom is 0.573 e. The summed E-state index contributed by atoms with van der Waals surface area (Å²) in [6.07, 6.45) is -3.95. The predicted octanol–water partition coefficient (Wildman–Crippen LogP) is 7.47. The lowest BCUT2D eigenvalue weighted by molar-refractivity contribution is -0.274. The van der Waals surface area contributed by atoms with Crippen LogP contribution in [0.1, 0.15) is 36.3 Å². The van der Waals surface area contributed by atoms with Gasteiger partial charge in [-0.05, 0) is 95.1 Å². The maximum atomic E-state index is 13.2. The van der Waals surface area contributed by atoms with E-state index in [1.807, 2.05) is 61.7 Å².